The van der Waals surface area contributed by atoms with Crippen molar-refractivity contribution in [2.24, 2.45) is 5.73 Å². The van der Waals surface area contributed by atoms with Crippen LogP contribution < -0.4 is 21.1 Å². The first-order valence-corrected chi connectivity index (χ1v) is 9.66. The lowest BCUT2D eigenvalue weighted by atomic mass is 10.0. The molecule has 0 aromatic heterocycles. The summed E-state index contributed by atoms with van der Waals surface area (Å²) in [7, 11) is 0. The maximum Gasteiger partial charge on any atom is 0.312 e. The van der Waals surface area contributed by atoms with Crippen molar-refractivity contribution in [1.82, 2.24) is 5.32 Å². The van der Waals surface area contributed by atoms with Crippen molar-refractivity contribution in [3.05, 3.63) is 89.5 Å². The highest BCUT2D eigenvalue weighted by molar-refractivity contribution is 5.91. The van der Waals surface area contributed by atoms with Gasteiger partial charge in [-0.05, 0) is 66.9 Å². The molecule has 154 valence electrons. The lowest BCUT2D eigenvalue weighted by molar-refractivity contribution is -0.116. The highest BCUT2D eigenvalue weighted by Crippen LogP contribution is 2.26. The van der Waals surface area contributed by atoms with E-state index in [-0.39, 0.29) is 12.3 Å². The number of hydrogen-bond acceptors (Lipinski definition) is 3. The van der Waals surface area contributed by atoms with Gasteiger partial charge in [0.1, 0.15) is 11.5 Å². The van der Waals surface area contributed by atoms with Gasteiger partial charge in [-0.25, -0.2) is 4.79 Å². The van der Waals surface area contributed by atoms with Gasteiger partial charge in [-0.15, -0.1) is 0 Å². The lowest BCUT2D eigenvalue weighted by Crippen LogP contribution is -2.35. The Morgan fingerprint density at radius 2 is 1.57 bits per heavy atom. The number of rotatable bonds is 7. The molecule has 0 aliphatic heterocycles. The first-order valence-electron chi connectivity index (χ1n) is 9.66. The van der Waals surface area contributed by atoms with Gasteiger partial charge in [0.15, 0.2) is 0 Å². The standard InChI is InChI=1S/C24H25N3O3/c1-16-11-17(2)13-19(12-16)26-23(28)15-22(27-24(25)29)18-7-6-10-21(14-18)30-20-8-4-3-5-9-20/h3-14,22H,15H2,1-2H3,(H,26,28)(H3,25,27,29)/t22-/m1/s1. The number of para-hydroxylation sites is 1. The summed E-state index contributed by atoms with van der Waals surface area (Å²) in [5, 5.41) is 5.54. The van der Waals surface area contributed by atoms with Gasteiger partial charge in [0.2, 0.25) is 5.91 Å². The van der Waals surface area contributed by atoms with E-state index in [0.29, 0.717) is 11.5 Å². The third kappa shape index (κ3) is 6.10. The van der Waals surface area contributed by atoms with Gasteiger partial charge in [-0.3, -0.25) is 4.79 Å². The Bertz CT molecular complexity index is 1010. The molecule has 3 aromatic rings. The number of carbonyl (C=O) groups is 2. The quantitative estimate of drug-likeness (QED) is 0.527. The van der Waals surface area contributed by atoms with Crippen molar-refractivity contribution in [3.63, 3.8) is 0 Å². The Balaban J connectivity index is 1.76. The summed E-state index contributed by atoms with van der Waals surface area (Å²) in [6.45, 7) is 3.94. The molecule has 3 aromatic carbocycles. The SMILES string of the molecule is Cc1cc(C)cc(NC(=O)C[C@@H](NC(N)=O)c2cccc(Oc3ccccc3)c2)c1. The fourth-order valence-corrected chi connectivity index (χ4v) is 3.29. The lowest BCUT2D eigenvalue weighted by Gasteiger charge is -2.19. The van der Waals surface area contributed by atoms with Crippen LogP contribution in [0.5, 0.6) is 11.5 Å². The first kappa shape index (κ1) is 20.9. The van der Waals surface area contributed by atoms with Crippen molar-refractivity contribution < 1.29 is 14.3 Å². The number of urea groups is 1. The van der Waals surface area contributed by atoms with E-state index in [1.807, 2.05) is 80.6 Å². The van der Waals surface area contributed by atoms with Crippen molar-refractivity contribution >= 4 is 17.6 Å². The molecule has 4 N–H and O–H groups in total. The molecule has 0 aliphatic carbocycles. The molecule has 0 spiro atoms. The fraction of sp³-hybridized carbons (Fsp3) is 0.167. The van der Waals surface area contributed by atoms with E-state index in [1.165, 1.54) is 0 Å². The van der Waals surface area contributed by atoms with Gasteiger partial charge < -0.3 is 21.1 Å². The van der Waals surface area contributed by atoms with Crippen molar-refractivity contribution in [2.75, 3.05) is 5.32 Å². The number of nitrogens with two attached hydrogens (primary N) is 1. The number of hydrogen-bond donors (Lipinski definition) is 3. The third-order valence-corrected chi connectivity index (χ3v) is 4.45. The van der Waals surface area contributed by atoms with Crippen molar-refractivity contribution in [1.29, 1.82) is 0 Å². The van der Waals surface area contributed by atoms with Gasteiger partial charge in [-0.1, -0.05) is 36.4 Å². The molecule has 6 nitrogen and oxygen atoms in total. The zero-order valence-corrected chi connectivity index (χ0v) is 17.0. The molecule has 0 bridgehead atoms. The van der Waals surface area contributed by atoms with Gasteiger partial charge in [0.05, 0.1) is 12.5 Å². The average molecular weight is 403 g/mol. The van der Waals surface area contributed by atoms with E-state index in [0.717, 1.165) is 22.4 Å². The van der Waals surface area contributed by atoms with Crippen LogP contribution in [0, 0.1) is 13.8 Å². The van der Waals surface area contributed by atoms with Gasteiger partial charge >= 0.3 is 6.03 Å². The maximum absolute atomic E-state index is 12.6. The Labute approximate surface area is 176 Å². The molecule has 0 heterocycles. The van der Waals surface area contributed by atoms with E-state index in [9.17, 15) is 9.59 Å². The van der Waals surface area contributed by atoms with E-state index in [4.69, 9.17) is 10.5 Å². The summed E-state index contributed by atoms with van der Waals surface area (Å²) < 4.78 is 5.86. The number of amides is 3. The Morgan fingerprint density at radius 1 is 0.900 bits per heavy atom. The maximum atomic E-state index is 12.6. The van der Waals surface area contributed by atoms with E-state index < -0.39 is 12.1 Å². The molecular weight excluding hydrogens is 378 g/mol. The molecule has 0 saturated carbocycles. The molecule has 6 heteroatoms. The van der Waals surface area contributed by atoms with Crippen LogP contribution in [0.2, 0.25) is 0 Å². The Morgan fingerprint density at radius 3 is 2.23 bits per heavy atom. The predicted octanol–water partition coefficient (Wildman–Crippen LogP) is 4.83. The third-order valence-electron chi connectivity index (χ3n) is 4.45. The molecule has 0 fully saturated rings. The molecule has 1 atom stereocenters. The summed E-state index contributed by atoms with van der Waals surface area (Å²) in [5.41, 5.74) is 8.90. The topological polar surface area (TPSA) is 93.5 Å². The normalized spacial score (nSPS) is 11.4. The Hall–Kier alpha value is -3.80. The van der Waals surface area contributed by atoms with Crippen LogP contribution in [0.15, 0.2) is 72.8 Å². The minimum Gasteiger partial charge on any atom is -0.457 e. The second-order valence-electron chi connectivity index (χ2n) is 7.18. The zero-order chi connectivity index (χ0) is 21.5. The van der Waals surface area contributed by atoms with E-state index in [1.54, 1.807) is 6.07 Å². The largest absolute Gasteiger partial charge is 0.457 e. The second kappa shape index (κ2) is 9.60. The van der Waals surface area contributed by atoms with Crippen LogP contribution >= 0.6 is 0 Å². The van der Waals surface area contributed by atoms with Crippen LogP contribution in [-0.4, -0.2) is 11.9 Å². The second-order valence-corrected chi connectivity index (χ2v) is 7.18. The number of benzene rings is 3. The Kier molecular flexibility index (Phi) is 6.70. The number of ether oxygens (including phenoxy) is 1. The molecule has 0 aliphatic rings. The van der Waals surface area contributed by atoms with Crippen LogP contribution in [0.4, 0.5) is 10.5 Å². The summed E-state index contributed by atoms with van der Waals surface area (Å²) in [6.07, 6.45) is 0.0325. The van der Waals surface area contributed by atoms with Crippen LogP contribution in [0.25, 0.3) is 0 Å². The van der Waals surface area contributed by atoms with Gasteiger partial charge in [-0.2, -0.15) is 0 Å². The van der Waals surface area contributed by atoms with Crippen LogP contribution in [-0.2, 0) is 4.79 Å². The van der Waals surface area contributed by atoms with Gasteiger partial charge in [0, 0.05) is 5.69 Å². The number of aryl methyl sites for hydroxylation is 2. The van der Waals surface area contributed by atoms with Crippen LogP contribution in [0.1, 0.15) is 29.2 Å². The minimum atomic E-state index is -0.700. The van der Waals surface area contributed by atoms with Crippen LogP contribution in [0.3, 0.4) is 0 Å². The molecule has 0 radical (unpaired) electrons. The van der Waals surface area contributed by atoms with E-state index >= 15 is 0 Å². The summed E-state index contributed by atoms with van der Waals surface area (Å²) in [5.74, 6) is 1.07. The monoisotopic (exact) mass is 403 g/mol. The van der Waals surface area contributed by atoms with Crippen molar-refractivity contribution in [2.45, 2.75) is 26.3 Å². The summed E-state index contributed by atoms with van der Waals surface area (Å²) >= 11 is 0. The highest BCUT2D eigenvalue weighted by Gasteiger charge is 2.18. The molecule has 30 heavy (non-hydrogen) atoms. The summed E-state index contributed by atoms with van der Waals surface area (Å²) in [4.78, 5) is 24.2. The molecule has 3 rings (SSSR count). The number of anilines is 1. The smallest absolute Gasteiger partial charge is 0.312 e. The number of nitrogens with one attached hydrogen (secondary N) is 2. The highest BCUT2D eigenvalue weighted by atomic mass is 16.5. The minimum absolute atomic E-state index is 0.0325. The molecule has 3 amide bonds. The predicted molar refractivity (Wildman–Crippen MR) is 118 cm³/mol. The number of carbonyl (C=O) groups excluding carboxylic acids is 2. The first-order chi connectivity index (χ1) is 14.4. The van der Waals surface area contributed by atoms with E-state index in [2.05, 4.69) is 10.6 Å². The average Bonchev–Trinajstić information content (AvgIpc) is 2.67. The summed E-state index contributed by atoms with van der Waals surface area (Å²) in [6, 6.07) is 21.1. The fourth-order valence-electron chi connectivity index (χ4n) is 3.29. The molecule has 0 unspecified atom stereocenters. The number of primary amides is 1. The van der Waals surface area contributed by atoms with Gasteiger partial charge in [0.25, 0.3) is 0 Å². The zero-order valence-electron chi connectivity index (χ0n) is 17.0. The molecular formula is C24H25N3O3. The van der Waals surface area contributed by atoms with Crippen molar-refractivity contribution in [3.8, 4) is 11.5 Å². The molecule has 0 saturated heterocycles.